The van der Waals surface area contributed by atoms with E-state index >= 15 is 0 Å². The molecule has 0 bridgehead atoms. The molecule has 0 radical (unpaired) electrons. The number of amidine groups is 1. The van der Waals surface area contributed by atoms with Crippen LogP contribution in [-0.2, 0) is 0 Å². The van der Waals surface area contributed by atoms with Gasteiger partial charge in [0, 0.05) is 56.1 Å². The Bertz CT molecular complexity index is 940. The molecule has 0 fully saturated rings. The maximum atomic E-state index is 5.30. The first kappa shape index (κ1) is 20.1. The SMILES string of the molecule is C=N/C=C(/C1=CN(C)NC1)N(C)/C=C\N=C(/C)Nc1ccc(-c2cnco2)cc1. The largest absolute Gasteiger partial charge is 0.444 e. The van der Waals surface area contributed by atoms with Crippen molar-refractivity contribution in [1.29, 1.82) is 0 Å². The van der Waals surface area contributed by atoms with Crippen LogP contribution in [0.1, 0.15) is 6.92 Å². The Morgan fingerprint density at radius 3 is 2.79 bits per heavy atom. The van der Waals surface area contributed by atoms with Crippen molar-refractivity contribution in [2.24, 2.45) is 9.98 Å². The van der Waals surface area contributed by atoms with E-state index in [4.69, 9.17) is 4.42 Å². The second-order valence-corrected chi connectivity index (χ2v) is 6.49. The summed E-state index contributed by atoms with van der Waals surface area (Å²) in [7, 11) is 3.91. The zero-order valence-corrected chi connectivity index (χ0v) is 16.8. The Hall–Kier alpha value is -3.65. The first-order chi connectivity index (χ1) is 14.1. The minimum atomic E-state index is 0.740. The van der Waals surface area contributed by atoms with E-state index in [0.29, 0.717) is 0 Å². The van der Waals surface area contributed by atoms with Crippen molar-refractivity contribution in [2.75, 3.05) is 26.0 Å². The number of aliphatic imine (C=N–C) groups is 2. The van der Waals surface area contributed by atoms with Gasteiger partial charge >= 0.3 is 0 Å². The van der Waals surface area contributed by atoms with Crippen molar-refractivity contribution in [3.8, 4) is 11.3 Å². The quantitative estimate of drug-likeness (QED) is 0.556. The summed E-state index contributed by atoms with van der Waals surface area (Å²) in [6.45, 7) is 6.22. The van der Waals surface area contributed by atoms with Gasteiger partial charge in [0.15, 0.2) is 12.2 Å². The molecule has 0 atom stereocenters. The highest BCUT2D eigenvalue weighted by molar-refractivity contribution is 5.94. The van der Waals surface area contributed by atoms with Crippen LogP contribution in [0.2, 0.25) is 0 Å². The third kappa shape index (κ3) is 5.43. The first-order valence-electron chi connectivity index (χ1n) is 9.10. The highest BCUT2D eigenvalue weighted by Gasteiger charge is 2.14. The number of hydrazine groups is 1. The van der Waals surface area contributed by atoms with Gasteiger partial charge in [0.05, 0.1) is 18.1 Å². The van der Waals surface area contributed by atoms with Crippen LogP contribution < -0.4 is 10.7 Å². The minimum Gasteiger partial charge on any atom is -0.444 e. The number of aromatic nitrogens is 1. The van der Waals surface area contributed by atoms with Crippen molar-refractivity contribution in [3.05, 3.63) is 72.9 Å². The summed E-state index contributed by atoms with van der Waals surface area (Å²) in [5.41, 5.74) is 7.21. The predicted octanol–water partition coefficient (Wildman–Crippen LogP) is 3.45. The molecule has 1 aliphatic rings. The lowest BCUT2D eigenvalue weighted by molar-refractivity contribution is 0.373. The first-order valence-corrected chi connectivity index (χ1v) is 9.10. The summed E-state index contributed by atoms with van der Waals surface area (Å²) in [4.78, 5) is 14.3. The van der Waals surface area contributed by atoms with Gasteiger partial charge in [-0.3, -0.25) is 4.99 Å². The molecule has 0 spiro atoms. The molecule has 0 saturated carbocycles. The topological polar surface area (TPSA) is 81.3 Å². The Balaban J connectivity index is 1.61. The average molecular weight is 391 g/mol. The number of nitrogens with one attached hydrogen (secondary N) is 2. The lowest BCUT2D eigenvalue weighted by Crippen LogP contribution is -2.24. The normalized spacial score (nSPS) is 15.0. The summed E-state index contributed by atoms with van der Waals surface area (Å²) in [5.74, 6) is 1.51. The summed E-state index contributed by atoms with van der Waals surface area (Å²) in [6, 6.07) is 7.89. The smallest absolute Gasteiger partial charge is 0.181 e. The maximum absolute atomic E-state index is 5.30. The van der Waals surface area contributed by atoms with E-state index < -0.39 is 0 Å². The Morgan fingerprint density at radius 1 is 1.38 bits per heavy atom. The summed E-state index contributed by atoms with van der Waals surface area (Å²) in [5, 5.41) is 5.19. The van der Waals surface area contributed by atoms with Gasteiger partial charge in [-0.15, -0.1) is 0 Å². The molecule has 1 aromatic carbocycles. The van der Waals surface area contributed by atoms with Crippen LogP contribution in [0.4, 0.5) is 5.69 Å². The highest BCUT2D eigenvalue weighted by Crippen LogP contribution is 2.21. The van der Waals surface area contributed by atoms with E-state index in [1.165, 1.54) is 6.39 Å². The number of likely N-dealkylation sites (N-methyl/N-ethyl adjacent to an activating group) is 1. The Kier molecular flexibility index (Phi) is 6.59. The molecule has 0 saturated heterocycles. The van der Waals surface area contributed by atoms with Crippen molar-refractivity contribution >= 4 is 18.2 Å². The second kappa shape index (κ2) is 9.52. The zero-order chi connectivity index (χ0) is 20.6. The van der Waals surface area contributed by atoms with Crippen LogP contribution in [0.3, 0.4) is 0 Å². The Labute approximate surface area is 170 Å². The number of benzene rings is 1. The third-order valence-electron chi connectivity index (χ3n) is 4.28. The summed E-state index contributed by atoms with van der Waals surface area (Å²) < 4.78 is 5.30. The molecule has 29 heavy (non-hydrogen) atoms. The van der Waals surface area contributed by atoms with Crippen LogP contribution in [0.15, 0.2) is 87.3 Å². The molecular weight excluding hydrogens is 366 g/mol. The molecule has 2 aromatic rings. The second-order valence-electron chi connectivity index (χ2n) is 6.49. The lowest BCUT2D eigenvalue weighted by Gasteiger charge is -2.17. The van der Waals surface area contributed by atoms with Gasteiger partial charge in [-0.25, -0.2) is 15.4 Å². The number of oxazole rings is 1. The molecule has 8 nitrogen and oxygen atoms in total. The fourth-order valence-corrected chi connectivity index (χ4v) is 2.82. The fraction of sp³-hybridized carbons (Fsp3) is 0.190. The van der Waals surface area contributed by atoms with Crippen molar-refractivity contribution in [1.82, 2.24) is 20.3 Å². The maximum Gasteiger partial charge on any atom is 0.181 e. The van der Waals surface area contributed by atoms with Crippen molar-refractivity contribution < 1.29 is 4.42 Å². The molecule has 0 unspecified atom stereocenters. The van der Waals surface area contributed by atoms with Crippen LogP contribution in [-0.4, -0.2) is 48.1 Å². The van der Waals surface area contributed by atoms with E-state index in [9.17, 15) is 0 Å². The molecule has 1 aromatic heterocycles. The van der Waals surface area contributed by atoms with Crippen molar-refractivity contribution in [3.63, 3.8) is 0 Å². The number of anilines is 1. The average Bonchev–Trinajstić information content (AvgIpc) is 3.38. The third-order valence-corrected chi connectivity index (χ3v) is 4.28. The minimum absolute atomic E-state index is 0.740. The lowest BCUT2D eigenvalue weighted by atomic mass is 10.2. The molecule has 1 aliphatic heterocycles. The molecule has 2 heterocycles. The molecular formula is C21H25N7O. The Morgan fingerprint density at radius 2 is 2.17 bits per heavy atom. The van der Waals surface area contributed by atoms with E-state index in [1.54, 1.807) is 18.6 Å². The molecule has 8 heteroatoms. The van der Waals surface area contributed by atoms with Gasteiger partial charge in [0.1, 0.15) is 5.84 Å². The number of hydrogen-bond donors (Lipinski definition) is 2. The standard InChI is InChI=1S/C21H25N7O/c1-16(26-19-7-5-17(6-8-19)21-13-23-15-29-21)24-9-10-27(3)20(12-22-2)18-11-25-28(4)14-18/h5-10,12-15,25H,2,11H2,1,3-4H3,(H,24,26)/b10-9-,20-12-. The highest BCUT2D eigenvalue weighted by atomic mass is 16.3. The van der Waals surface area contributed by atoms with E-state index in [-0.39, 0.29) is 0 Å². The van der Waals surface area contributed by atoms with Gasteiger partial charge in [-0.1, -0.05) is 0 Å². The molecule has 2 N–H and O–H groups in total. The van der Waals surface area contributed by atoms with Crippen LogP contribution in [0.25, 0.3) is 11.3 Å². The molecule has 0 amide bonds. The molecule has 3 rings (SSSR count). The van der Waals surface area contributed by atoms with Gasteiger partial charge < -0.3 is 19.6 Å². The number of nitrogens with zero attached hydrogens (tertiary/aromatic N) is 5. The number of hydrogen-bond acceptors (Lipinski definition) is 7. The summed E-state index contributed by atoms with van der Waals surface area (Å²) in [6.07, 6.45) is 10.5. The van der Waals surface area contributed by atoms with E-state index in [2.05, 4.69) is 32.4 Å². The van der Waals surface area contributed by atoms with Crippen molar-refractivity contribution in [2.45, 2.75) is 6.92 Å². The van der Waals surface area contributed by atoms with Crippen LogP contribution >= 0.6 is 0 Å². The number of rotatable bonds is 7. The predicted molar refractivity (Wildman–Crippen MR) is 117 cm³/mol. The molecule has 0 aliphatic carbocycles. The van der Waals surface area contributed by atoms with Gasteiger partial charge in [-0.05, 0) is 37.9 Å². The van der Waals surface area contributed by atoms with Crippen LogP contribution in [0, 0.1) is 0 Å². The van der Waals surface area contributed by atoms with Gasteiger partial charge in [-0.2, -0.15) is 0 Å². The molecule has 150 valence electrons. The fourth-order valence-electron chi connectivity index (χ4n) is 2.82. The van der Waals surface area contributed by atoms with Gasteiger partial charge in [0.2, 0.25) is 0 Å². The van der Waals surface area contributed by atoms with Crippen LogP contribution in [0.5, 0.6) is 0 Å². The zero-order valence-electron chi connectivity index (χ0n) is 16.8. The van der Waals surface area contributed by atoms with Gasteiger partial charge in [0.25, 0.3) is 0 Å². The van der Waals surface area contributed by atoms with E-state index in [1.807, 2.05) is 67.6 Å². The summed E-state index contributed by atoms with van der Waals surface area (Å²) >= 11 is 0. The van der Waals surface area contributed by atoms with E-state index in [0.717, 1.165) is 40.7 Å². The monoisotopic (exact) mass is 391 g/mol.